The van der Waals surface area contributed by atoms with Crippen molar-refractivity contribution in [2.75, 3.05) is 14.7 Å². The summed E-state index contributed by atoms with van der Waals surface area (Å²) in [6.45, 7) is 31.4. The van der Waals surface area contributed by atoms with Crippen LogP contribution in [-0.4, -0.2) is 6.71 Å². The Kier molecular flexibility index (Phi) is 10.6. The first-order valence-electron chi connectivity index (χ1n) is 27.0. The van der Waals surface area contributed by atoms with E-state index in [0.29, 0.717) is 0 Å². The molecule has 8 aromatic carbocycles. The topological polar surface area (TPSA) is 9.72 Å². The van der Waals surface area contributed by atoms with E-state index in [2.05, 4.69) is 269 Å². The Balaban J connectivity index is 1.26. The molecule has 0 saturated carbocycles. The van der Waals surface area contributed by atoms with Gasteiger partial charge in [0, 0.05) is 45.5 Å². The summed E-state index contributed by atoms with van der Waals surface area (Å²) in [6, 6.07) is 63.1. The molecule has 0 atom stereocenters. The maximum Gasteiger partial charge on any atom is 0.252 e. The number of para-hydroxylation sites is 2. The third kappa shape index (κ3) is 7.52. The van der Waals surface area contributed by atoms with Crippen molar-refractivity contribution in [1.29, 1.82) is 0 Å². The molecule has 2 aliphatic carbocycles. The van der Waals surface area contributed by atoms with Gasteiger partial charge < -0.3 is 14.7 Å². The van der Waals surface area contributed by atoms with Gasteiger partial charge in [-0.15, -0.1) is 0 Å². The van der Waals surface area contributed by atoms with Gasteiger partial charge in [0.2, 0.25) is 0 Å². The van der Waals surface area contributed by atoms with Gasteiger partial charge in [-0.05, 0) is 187 Å². The number of aryl methyl sites for hydroxylation is 2. The Hall–Kier alpha value is -6.78. The lowest BCUT2D eigenvalue weighted by atomic mass is 9.33. The third-order valence-corrected chi connectivity index (χ3v) is 17.6. The van der Waals surface area contributed by atoms with Crippen LogP contribution in [0.2, 0.25) is 0 Å². The molecule has 0 saturated heterocycles. The van der Waals surface area contributed by atoms with Gasteiger partial charge >= 0.3 is 0 Å². The lowest BCUT2D eigenvalue weighted by molar-refractivity contribution is 0.332. The van der Waals surface area contributed by atoms with Crippen LogP contribution in [0.4, 0.5) is 51.2 Å². The van der Waals surface area contributed by atoms with Crippen molar-refractivity contribution in [3.63, 3.8) is 0 Å². The summed E-state index contributed by atoms with van der Waals surface area (Å²) in [5.41, 5.74) is 27.3. The van der Waals surface area contributed by atoms with Gasteiger partial charge in [0.15, 0.2) is 0 Å². The Morgan fingerprint density at radius 1 is 0.411 bits per heavy atom. The smallest absolute Gasteiger partial charge is 0.252 e. The van der Waals surface area contributed by atoms with Crippen LogP contribution in [0.5, 0.6) is 0 Å². The lowest BCUT2D eigenvalue weighted by Crippen LogP contribution is -2.62. The summed E-state index contributed by atoms with van der Waals surface area (Å²) in [7, 11) is 0. The average molecular weight is 954 g/mol. The van der Waals surface area contributed by atoms with E-state index >= 15 is 0 Å². The van der Waals surface area contributed by atoms with Crippen molar-refractivity contribution in [2.24, 2.45) is 0 Å². The van der Waals surface area contributed by atoms with E-state index in [4.69, 9.17) is 0 Å². The number of hydrogen-bond donors (Lipinski definition) is 0. The summed E-state index contributed by atoms with van der Waals surface area (Å²) >= 11 is 0. The predicted molar refractivity (Wildman–Crippen MR) is 315 cm³/mol. The van der Waals surface area contributed by atoms with Crippen LogP contribution in [0.15, 0.2) is 164 Å². The number of benzene rings is 8. The Morgan fingerprint density at radius 3 is 1.47 bits per heavy atom. The highest BCUT2D eigenvalue weighted by Gasteiger charge is 2.49. The first-order chi connectivity index (χ1) is 34.6. The standard InChI is InChI=1S/C69H72BN3/c1-44-35-48(65(3,4)5)30-32-58(44)72-59-31-29-47(46-23-17-14-18-24-46)37-56(59)70-57-40-53-54(67(8,9)34-33-66(53,6)7)42-61(57)73(60-41-55-52(36-45(60)2)68(10,11)43-69(55,12)13)63-39-51(38-62(72)64(63)70)71(49-25-19-15-20-26-49)50-27-21-16-22-28-50/h14-32,35-42H,33-34,43H2,1-13H3. The van der Waals surface area contributed by atoms with E-state index in [-0.39, 0.29) is 33.8 Å². The summed E-state index contributed by atoms with van der Waals surface area (Å²) in [5, 5.41) is 0. The zero-order valence-corrected chi connectivity index (χ0v) is 45.6. The number of hydrogen-bond acceptors (Lipinski definition) is 3. The molecular formula is C69H72BN3. The minimum Gasteiger partial charge on any atom is -0.311 e. The molecule has 0 aromatic heterocycles. The molecule has 0 spiro atoms. The van der Waals surface area contributed by atoms with Crippen LogP contribution in [0, 0.1) is 13.8 Å². The highest BCUT2D eigenvalue weighted by molar-refractivity contribution is 7.00. The van der Waals surface area contributed by atoms with Crippen molar-refractivity contribution in [2.45, 2.75) is 136 Å². The molecule has 2 heterocycles. The maximum absolute atomic E-state index is 2.73. The molecule has 2 aliphatic heterocycles. The number of anilines is 9. The highest BCUT2D eigenvalue weighted by atomic mass is 15.2. The van der Waals surface area contributed by atoms with E-state index in [1.807, 2.05) is 0 Å². The van der Waals surface area contributed by atoms with Crippen LogP contribution in [0.25, 0.3) is 11.1 Å². The molecule has 0 unspecified atom stereocenters. The van der Waals surface area contributed by atoms with Crippen LogP contribution in [0.1, 0.15) is 134 Å². The monoisotopic (exact) mass is 954 g/mol. The summed E-state index contributed by atoms with van der Waals surface area (Å²) in [4.78, 5) is 7.84. The van der Waals surface area contributed by atoms with E-state index in [9.17, 15) is 0 Å². The first kappa shape index (κ1) is 47.2. The van der Waals surface area contributed by atoms with E-state index in [1.165, 1.54) is 101 Å². The van der Waals surface area contributed by atoms with Crippen molar-refractivity contribution in [3.8, 4) is 11.1 Å². The first-order valence-corrected chi connectivity index (χ1v) is 27.0. The second-order valence-electron chi connectivity index (χ2n) is 25.8. The highest BCUT2D eigenvalue weighted by Crippen LogP contribution is 2.56. The van der Waals surface area contributed by atoms with Crippen molar-refractivity contribution >= 4 is 74.3 Å². The number of rotatable bonds is 6. The van der Waals surface area contributed by atoms with Gasteiger partial charge in [0.05, 0.1) is 5.69 Å². The average Bonchev–Trinajstić information content (AvgIpc) is 3.54. The van der Waals surface area contributed by atoms with E-state index < -0.39 is 0 Å². The van der Waals surface area contributed by atoms with Gasteiger partial charge in [-0.3, -0.25) is 0 Å². The van der Waals surface area contributed by atoms with Crippen LogP contribution < -0.4 is 31.1 Å². The number of nitrogens with zero attached hydrogens (tertiary/aromatic N) is 3. The fourth-order valence-corrected chi connectivity index (χ4v) is 13.8. The van der Waals surface area contributed by atoms with Crippen LogP contribution >= 0.6 is 0 Å². The molecule has 0 bridgehead atoms. The zero-order valence-electron chi connectivity index (χ0n) is 45.6. The summed E-state index contributed by atoms with van der Waals surface area (Å²) in [6.07, 6.45) is 3.42. The molecule has 0 N–H and O–H groups in total. The fourth-order valence-electron chi connectivity index (χ4n) is 13.8. The van der Waals surface area contributed by atoms with Crippen molar-refractivity contribution in [3.05, 3.63) is 203 Å². The van der Waals surface area contributed by atoms with Crippen molar-refractivity contribution < 1.29 is 0 Å². The SMILES string of the molecule is Cc1cc(C(C)(C)C)ccc1N1c2ccc(-c3ccccc3)cc2B2c3cc4c(cc3N(c3cc5c(cc3C)C(C)(C)CC5(C)C)c3cc(N(c5ccccc5)c5ccccc5)cc1c32)C(C)(C)CCC4(C)C. The molecular weight excluding hydrogens is 882 g/mol. The largest absolute Gasteiger partial charge is 0.311 e. The van der Waals surface area contributed by atoms with Gasteiger partial charge in [-0.25, -0.2) is 0 Å². The van der Waals surface area contributed by atoms with Gasteiger partial charge in [0.25, 0.3) is 6.71 Å². The zero-order chi connectivity index (χ0) is 51.1. The molecule has 0 fully saturated rings. The quantitative estimate of drug-likeness (QED) is 0.154. The second kappa shape index (κ2) is 16.4. The van der Waals surface area contributed by atoms with E-state index in [0.717, 1.165) is 36.3 Å². The van der Waals surface area contributed by atoms with Crippen LogP contribution in [-0.2, 0) is 27.1 Å². The van der Waals surface area contributed by atoms with Crippen LogP contribution in [0.3, 0.4) is 0 Å². The maximum atomic E-state index is 2.73. The Labute approximate surface area is 437 Å². The minimum absolute atomic E-state index is 0.00686. The summed E-state index contributed by atoms with van der Waals surface area (Å²) in [5.74, 6) is 0. The third-order valence-electron chi connectivity index (χ3n) is 17.6. The fraction of sp³-hybridized carbons (Fsp3) is 0.304. The molecule has 4 aliphatic rings. The van der Waals surface area contributed by atoms with Gasteiger partial charge in [-0.1, -0.05) is 179 Å². The molecule has 4 heteroatoms. The molecule has 0 radical (unpaired) electrons. The Morgan fingerprint density at radius 2 is 0.890 bits per heavy atom. The van der Waals surface area contributed by atoms with Gasteiger partial charge in [0.1, 0.15) is 0 Å². The Bertz CT molecular complexity index is 3460. The normalized spacial score (nSPS) is 17.3. The molecule has 8 aromatic rings. The molecule has 0 amide bonds. The number of fused-ring (bicyclic) bond motifs is 6. The van der Waals surface area contributed by atoms with E-state index in [1.54, 1.807) is 0 Å². The summed E-state index contributed by atoms with van der Waals surface area (Å²) < 4.78 is 0. The molecule has 366 valence electrons. The molecule has 12 rings (SSSR count). The second-order valence-corrected chi connectivity index (χ2v) is 25.8. The lowest BCUT2D eigenvalue weighted by Gasteiger charge is -2.48. The van der Waals surface area contributed by atoms with Crippen molar-refractivity contribution in [1.82, 2.24) is 0 Å². The van der Waals surface area contributed by atoms with Gasteiger partial charge in [-0.2, -0.15) is 0 Å². The molecule has 3 nitrogen and oxygen atoms in total. The minimum atomic E-state index is -0.0486. The predicted octanol–water partition coefficient (Wildman–Crippen LogP) is 17.1. The molecule has 73 heavy (non-hydrogen) atoms.